The molecule has 1 fully saturated rings. The predicted octanol–water partition coefficient (Wildman–Crippen LogP) is 2.26. The second kappa shape index (κ2) is 4.89. The Labute approximate surface area is 118 Å². The summed E-state index contributed by atoms with van der Waals surface area (Å²) in [4.78, 5) is 14.5. The molecule has 3 rings (SSSR count). The summed E-state index contributed by atoms with van der Waals surface area (Å²) in [7, 11) is 3.22. The number of nitrogens with zero attached hydrogens (tertiary/aromatic N) is 1. The molecule has 0 saturated carbocycles. The van der Waals surface area contributed by atoms with Gasteiger partial charge in [-0.05, 0) is 18.8 Å². The van der Waals surface area contributed by atoms with Gasteiger partial charge in [0.1, 0.15) is 6.04 Å². The summed E-state index contributed by atoms with van der Waals surface area (Å²) in [5, 5.41) is 3.00. The fraction of sp³-hybridized carbons (Fsp3) is 0.533. The van der Waals surface area contributed by atoms with Crippen LogP contribution in [0.1, 0.15) is 19.8 Å². The molecule has 5 nitrogen and oxygen atoms in total. The van der Waals surface area contributed by atoms with Crippen molar-refractivity contribution in [2.75, 3.05) is 31.0 Å². The summed E-state index contributed by atoms with van der Waals surface area (Å²) in [5.41, 5.74) is 1.83. The Morgan fingerprint density at radius 2 is 1.95 bits per heavy atom. The summed E-state index contributed by atoms with van der Waals surface area (Å²) in [5.74, 6) is 1.77. The maximum absolute atomic E-state index is 12.3. The van der Waals surface area contributed by atoms with Gasteiger partial charge in [-0.25, -0.2) is 0 Å². The van der Waals surface area contributed by atoms with Crippen molar-refractivity contribution in [3.05, 3.63) is 12.1 Å². The molecule has 0 spiro atoms. The first-order valence-corrected chi connectivity index (χ1v) is 6.99. The minimum Gasteiger partial charge on any atom is -0.493 e. The largest absolute Gasteiger partial charge is 0.493 e. The highest BCUT2D eigenvalue weighted by Crippen LogP contribution is 2.43. The molecule has 0 bridgehead atoms. The molecule has 2 aliphatic rings. The number of fused-ring (bicyclic) bond motifs is 3. The van der Waals surface area contributed by atoms with Crippen molar-refractivity contribution >= 4 is 17.3 Å². The molecule has 0 aromatic heterocycles. The number of carbonyl (C=O) groups excluding carboxylic acids is 1. The van der Waals surface area contributed by atoms with Crippen LogP contribution in [0.5, 0.6) is 11.5 Å². The number of hydrogen-bond donors (Lipinski definition) is 1. The van der Waals surface area contributed by atoms with Gasteiger partial charge in [-0.1, -0.05) is 6.92 Å². The zero-order valence-electron chi connectivity index (χ0n) is 12.1. The van der Waals surface area contributed by atoms with E-state index < -0.39 is 0 Å². The molecule has 1 aromatic rings. The number of anilines is 2. The Hall–Kier alpha value is -1.91. The number of nitrogens with one attached hydrogen (secondary N) is 1. The molecule has 2 heterocycles. The monoisotopic (exact) mass is 276 g/mol. The zero-order chi connectivity index (χ0) is 14.3. The molecule has 1 N–H and O–H groups in total. The van der Waals surface area contributed by atoms with E-state index in [1.807, 2.05) is 12.1 Å². The maximum atomic E-state index is 12.3. The van der Waals surface area contributed by atoms with E-state index in [-0.39, 0.29) is 11.9 Å². The first kappa shape index (κ1) is 13.1. The zero-order valence-corrected chi connectivity index (χ0v) is 12.1. The number of carbonyl (C=O) groups is 1. The minimum atomic E-state index is -0.0747. The fourth-order valence-electron chi connectivity index (χ4n) is 3.27. The van der Waals surface area contributed by atoms with E-state index in [9.17, 15) is 4.79 Å². The Bertz CT molecular complexity index is 544. The third kappa shape index (κ3) is 1.88. The van der Waals surface area contributed by atoms with Crippen LogP contribution in [0.15, 0.2) is 12.1 Å². The Morgan fingerprint density at radius 3 is 2.65 bits per heavy atom. The fourth-order valence-corrected chi connectivity index (χ4v) is 3.27. The van der Waals surface area contributed by atoms with Gasteiger partial charge in [-0.15, -0.1) is 0 Å². The van der Waals surface area contributed by atoms with Crippen LogP contribution in [0, 0.1) is 5.92 Å². The smallest absolute Gasteiger partial charge is 0.247 e. The minimum absolute atomic E-state index is 0.0747. The van der Waals surface area contributed by atoms with Gasteiger partial charge in [-0.2, -0.15) is 0 Å². The van der Waals surface area contributed by atoms with Crippen LogP contribution in [0.2, 0.25) is 0 Å². The average molecular weight is 276 g/mol. The molecule has 1 saturated heterocycles. The van der Waals surface area contributed by atoms with Crippen LogP contribution in [0.4, 0.5) is 11.4 Å². The van der Waals surface area contributed by atoms with Crippen molar-refractivity contribution in [1.82, 2.24) is 0 Å². The normalized spacial score (nSPS) is 24.6. The predicted molar refractivity (Wildman–Crippen MR) is 77.7 cm³/mol. The van der Waals surface area contributed by atoms with Crippen LogP contribution in [-0.4, -0.2) is 32.7 Å². The molecule has 2 atom stereocenters. The Kier molecular flexibility index (Phi) is 3.20. The number of ether oxygens (including phenoxy) is 2. The maximum Gasteiger partial charge on any atom is 0.247 e. The van der Waals surface area contributed by atoms with E-state index in [1.165, 1.54) is 0 Å². The van der Waals surface area contributed by atoms with Gasteiger partial charge < -0.3 is 19.7 Å². The highest BCUT2D eigenvalue weighted by atomic mass is 16.5. The van der Waals surface area contributed by atoms with E-state index in [0.29, 0.717) is 17.4 Å². The number of amides is 1. The SMILES string of the molecule is COc1cc2c(cc1OC)N1CCCC(C)C1C(=O)N2. The van der Waals surface area contributed by atoms with Gasteiger partial charge >= 0.3 is 0 Å². The summed E-state index contributed by atoms with van der Waals surface area (Å²) in [6.45, 7) is 3.05. The molecule has 1 aromatic carbocycles. The van der Waals surface area contributed by atoms with Crippen molar-refractivity contribution in [3.63, 3.8) is 0 Å². The standard InChI is InChI=1S/C15H20N2O3/c1-9-5-4-6-17-11-8-13(20-3)12(19-2)7-10(11)16-15(18)14(9)17/h7-9,14H,4-6H2,1-3H3,(H,16,18). The first-order valence-electron chi connectivity index (χ1n) is 6.99. The number of benzene rings is 1. The van der Waals surface area contributed by atoms with E-state index in [4.69, 9.17) is 9.47 Å². The van der Waals surface area contributed by atoms with Crippen molar-refractivity contribution in [2.24, 2.45) is 5.92 Å². The second-order valence-electron chi connectivity index (χ2n) is 5.47. The molecule has 2 aliphatic heterocycles. The lowest BCUT2D eigenvalue weighted by atomic mass is 9.88. The molecule has 5 heteroatoms. The van der Waals surface area contributed by atoms with Crippen LogP contribution < -0.4 is 19.7 Å². The third-order valence-electron chi connectivity index (χ3n) is 4.27. The molecule has 108 valence electrons. The van der Waals surface area contributed by atoms with Crippen LogP contribution in [0.25, 0.3) is 0 Å². The van der Waals surface area contributed by atoms with Gasteiger partial charge in [0.2, 0.25) is 5.91 Å². The number of methoxy groups -OCH3 is 2. The Morgan fingerprint density at radius 1 is 1.25 bits per heavy atom. The van der Waals surface area contributed by atoms with Crippen molar-refractivity contribution in [3.8, 4) is 11.5 Å². The molecular weight excluding hydrogens is 256 g/mol. The quantitative estimate of drug-likeness (QED) is 0.900. The molecule has 20 heavy (non-hydrogen) atoms. The Balaban J connectivity index is 2.08. The molecule has 0 radical (unpaired) electrons. The van der Waals surface area contributed by atoms with Crippen molar-refractivity contribution in [2.45, 2.75) is 25.8 Å². The molecule has 1 amide bonds. The molecule has 0 aliphatic carbocycles. The van der Waals surface area contributed by atoms with Gasteiger partial charge in [-0.3, -0.25) is 4.79 Å². The highest BCUT2D eigenvalue weighted by Gasteiger charge is 2.39. The summed E-state index contributed by atoms with van der Waals surface area (Å²) >= 11 is 0. The van der Waals surface area contributed by atoms with Crippen molar-refractivity contribution in [1.29, 1.82) is 0 Å². The number of rotatable bonds is 2. The summed E-state index contributed by atoms with van der Waals surface area (Å²) in [6, 6.07) is 3.72. The number of piperidine rings is 1. The van der Waals surface area contributed by atoms with Gasteiger partial charge in [0, 0.05) is 18.7 Å². The van der Waals surface area contributed by atoms with E-state index in [0.717, 1.165) is 30.8 Å². The van der Waals surface area contributed by atoms with E-state index in [1.54, 1.807) is 14.2 Å². The average Bonchev–Trinajstić information content (AvgIpc) is 2.46. The van der Waals surface area contributed by atoms with Crippen LogP contribution in [-0.2, 0) is 4.79 Å². The third-order valence-corrected chi connectivity index (χ3v) is 4.27. The summed E-state index contributed by atoms with van der Waals surface area (Å²) in [6.07, 6.45) is 2.20. The lowest BCUT2D eigenvalue weighted by molar-refractivity contribution is -0.119. The van der Waals surface area contributed by atoms with Gasteiger partial charge in [0.25, 0.3) is 0 Å². The lowest BCUT2D eigenvalue weighted by Gasteiger charge is -2.44. The molecule has 2 unspecified atom stereocenters. The second-order valence-corrected chi connectivity index (χ2v) is 5.47. The lowest BCUT2D eigenvalue weighted by Crippen LogP contribution is -2.54. The molecular formula is C15H20N2O3. The summed E-state index contributed by atoms with van der Waals surface area (Å²) < 4.78 is 10.7. The van der Waals surface area contributed by atoms with Crippen LogP contribution in [0.3, 0.4) is 0 Å². The van der Waals surface area contributed by atoms with Crippen LogP contribution >= 0.6 is 0 Å². The first-order chi connectivity index (χ1) is 9.65. The topological polar surface area (TPSA) is 50.8 Å². The number of hydrogen-bond acceptors (Lipinski definition) is 4. The van der Waals surface area contributed by atoms with E-state index >= 15 is 0 Å². The van der Waals surface area contributed by atoms with Gasteiger partial charge in [0.15, 0.2) is 11.5 Å². The van der Waals surface area contributed by atoms with Gasteiger partial charge in [0.05, 0.1) is 25.6 Å². The van der Waals surface area contributed by atoms with E-state index in [2.05, 4.69) is 17.1 Å². The highest BCUT2D eigenvalue weighted by molar-refractivity contribution is 6.04. The van der Waals surface area contributed by atoms with Crippen molar-refractivity contribution < 1.29 is 14.3 Å².